The zero-order valence-corrected chi connectivity index (χ0v) is 16.3. The second-order valence-electron chi connectivity index (χ2n) is 7.43. The van der Waals surface area contributed by atoms with Crippen LogP contribution in [0.1, 0.15) is 0 Å². The summed E-state index contributed by atoms with van der Waals surface area (Å²) in [7, 11) is 0. The Labute approximate surface area is 174 Å². The Morgan fingerprint density at radius 3 is 1.80 bits per heavy atom. The van der Waals surface area contributed by atoms with E-state index in [0.717, 1.165) is 39.0 Å². The summed E-state index contributed by atoms with van der Waals surface area (Å²) in [6, 6.07) is 40.0. The fourth-order valence-corrected chi connectivity index (χ4v) is 4.30. The van der Waals surface area contributed by atoms with Crippen LogP contribution in [0.4, 0.5) is 17.1 Å². The minimum absolute atomic E-state index is 0.905. The van der Waals surface area contributed by atoms with Gasteiger partial charge in [0.05, 0.1) is 5.69 Å². The number of hydrogen-bond acceptors (Lipinski definition) is 2. The summed E-state index contributed by atoms with van der Waals surface area (Å²) in [4.78, 5) is 2.27. The summed E-state index contributed by atoms with van der Waals surface area (Å²) >= 11 is 0. The van der Waals surface area contributed by atoms with Gasteiger partial charge in [-0.25, -0.2) is 0 Å². The summed E-state index contributed by atoms with van der Waals surface area (Å²) < 4.78 is 6.47. The minimum Gasteiger partial charge on any atom is -0.454 e. The van der Waals surface area contributed by atoms with Crippen LogP contribution >= 0.6 is 0 Å². The molecule has 142 valence electrons. The molecule has 0 aliphatic carbocycles. The van der Waals surface area contributed by atoms with Crippen molar-refractivity contribution in [2.75, 3.05) is 4.90 Å². The molecule has 0 aliphatic heterocycles. The molecule has 1 heterocycles. The van der Waals surface area contributed by atoms with E-state index < -0.39 is 0 Å². The SMILES string of the molecule is c1ccc(N(c2ccccc2)c2cc3ccccc3c3c2oc2ccccc23)cc1. The zero-order chi connectivity index (χ0) is 19.9. The largest absolute Gasteiger partial charge is 0.454 e. The number of anilines is 3. The summed E-state index contributed by atoms with van der Waals surface area (Å²) in [5, 5.41) is 4.72. The summed E-state index contributed by atoms with van der Waals surface area (Å²) in [6.07, 6.45) is 0. The molecule has 0 fully saturated rings. The third-order valence-corrected chi connectivity index (χ3v) is 5.62. The Bertz CT molecular complexity index is 1440. The van der Waals surface area contributed by atoms with Gasteiger partial charge >= 0.3 is 0 Å². The highest BCUT2D eigenvalue weighted by Gasteiger charge is 2.21. The third-order valence-electron chi connectivity index (χ3n) is 5.62. The van der Waals surface area contributed by atoms with Gasteiger partial charge in [0.2, 0.25) is 0 Å². The van der Waals surface area contributed by atoms with Crippen molar-refractivity contribution >= 4 is 49.8 Å². The van der Waals surface area contributed by atoms with E-state index in [1.54, 1.807) is 0 Å². The van der Waals surface area contributed by atoms with Crippen LogP contribution in [0.25, 0.3) is 32.7 Å². The van der Waals surface area contributed by atoms with E-state index >= 15 is 0 Å². The molecule has 1 aromatic heterocycles. The van der Waals surface area contributed by atoms with Crippen LogP contribution < -0.4 is 4.90 Å². The van der Waals surface area contributed by atoms with Crippen LogP contribution in [0, 0.1) is 0 Å². The lowest BCUT2D eigenvalue weighted by atomic mass is 10.0. The van der Waals surface area contributed by atoms with Crippen molar-refractivity contribution in [1.82, 2.24) is 0 Å². The van der Waals surface area contributed by atoms with Gasteiger partial charge in [-0.05, 0) is 47.2 Å². The number of nitrogens with zero attached hydrogens (tertiary/aromatic N) is 1. The van der Waals surface area contributed by atoms with Crippen molar-refractivity contribution in [1.29, 1.82) is 0 Å². The molecule has 0 spiro atoms. The van der Waals surface area contributed by atoms with Gasteiger partial charge in [-0.3, -0.25) is 0 Å². The van der Waals surface area contributed by atoms with E-state index in [9.17, 15) is 0 Å². The first-order valence-corrected chi connectivity index (χ1v) is 10.1. The lowest BCUT2D eigenvalue weighted by Crippen LogP contribution is -2.10. The number of benzene rings is 5. The lowest BCUT2D eigenvalue weighted by Gasteiger charge is -2.26. The predicted molar refractivity (Wildman–Crippen MR) is 126 cm³/mol. The highest BCUT2D eigenvalue weighted by atomic mass is 16.3. The molecular weight excluding hydrogens is 366 g/mol. The maximum atomic E-state index is 6.47. The van der Waals surface area contributed by atoms with Crippen LogP contribution in [-0.4, -0.2) is 0 Å². The quantitative estimate of drug-likeness (QED) is 0.305. The van der Waals surface area contributed by atoms with Crippen LogP contribution in [0.5, 0.6) is 0 Å². The monoisotopic (exact) mass is 385 g/mol. The average molecular weight is 385 g/mol. The van der Waals surface area contributed by atoms with Crippen molar-refractivity contribution in [3.63, 3.8) is 0 Å². The highest BCUT2D eigenvalue weighted by molar-refractivity contribution is 6.22. The molecule has 0 N–H and O–H groups in total. The maximum absolute atomic E-state index is 6.47. The van der Waals surface area contributed by atoms with Gasteiger partial charge in [-0.2, -0.15) is 0 Å². The molecule has 0 aliphatic rings. The fourth-order valence-electron chi connectivity index (χ4n) is 4.30. The average Bonchev–Trinajstić information content (AvgIpc) is 3.21. The second kappa shape index (κ2) is 6.78. The first-order chi connectivity index (χ1) is 14.9. The molecule has 0 saturated heterocycles. The predicted octanol–water partition coefficient (Wildman–Crippen LogP) is 8.21. The lowest BCUT2D eigenvalue weighted by molar-refractivity contribution is 0.669. The first kappa shape index (κ1) is 16.9. The first-order valence-electron chi connectivity index (χ1n) is 10.1. The van der Waals surface area contributed by atoms with Crippen LogP contribution in [0.2, 0.25) is 0 Å². The molecule has 30 heavy (non-hydrogen) atoms. The number of furan rings is 1. The normalized spacial score (nSPS) is 11.3. The molecule has 6 rings (SSSR count). The fraction of sp³-hybridized carbons (Fsp3) is 0. The van der Waals surface area contributed by atoms with E-state index in [1.165, 1.54) is 10.8 Å². The molecular formula is C28H19NO. The van der Waals surface area contributed by atoms with E-state index in [-0.39, 0.29) is 0 Å². The molecule has 0 amide bonds. The summed E-state index contributed by atoms with van der Waals surface area (Å²) in [5.74, 6) is 0. The Morgan fingerprint density at radius 1 is 0.533 bits per heavy atom. The van der Waals surface area contributed by atoms with E-state index in [2.05, 4.69) is 95.9 Å². The van der Waals surface area contributed by atoms with Crippen molar-refractivity contribution in [3.8, 4) is 0 Å². The van der Waals surface area contributed by atoms with E-state index in [0.29, 0.717) is 0 Å². The van der Waals surface area contributed by atoms with Gasteiger partial charge < -0.3 is 9.32 Å². The molecule has 6 aromatic rings. The summed E-state index contributed by atoms with van der Waals surface area (Å²) in [6.45, 7) is 0. The zero-order valence-electron chi connectivity index (χ0n) is 16.3. The van der Waals surface area contributed by atoms with Gasteiger partial charge in [0.1, 0.15) is 5.58 Å². The van der Waals surface area contributed by atoms with Crippen LogP contribution in [0.15, 0.2) is 120 Å². The topological polar surface area (TPSA) is 16.4 Å². The molecule has 2 heteroatoms. The van der Waals surface area contributed by atoms with Gasteiger partial charge in [0.25, 0.3) is 0 Å². The van der Waals surface area contributed by atoms with Crippen molar-refractivity contribution in [3.05, 3.63) is 115 Å². The number of para-hydroxylation sites is 3. The van der Waals surface area contributed by atoms with E-state index in [1.807, 2.05) is 24.3 Å². The minimum atomic E-state index is 0.905. The summed E-state index contributed by atoms with van der Waals surface area (Å²) in [5.41, 5.74) is 5.05. The smallest absolute Gasteiger partial charge is 0.160 e. The van der Waals surface area contributed by atoms with Gasteiger partial charge in [0, 0.05) is 22.1 Å². The van der Waals surface area contributed by atoms with Gasteiger partial charge in [-0.15, -0.1) is 0 Å². The number of rotatable bonds is 3. The van der Waals surface area contributed by atoms with Crippen molar-refractivity contribution < 1.29 is 4.42 Å². The molecule has 0 radical (unpaired) electrons. The highest BCUT2D eigenvalue weighted by Crippen LogP contribution is 2.45. The Hall–Kier alpha value is -4.04. The Balaban J connectivity index is 1.77. The Morgan fingerprint density at radius 2 is 1.10 bits per heavy atom. The van der Waals surface area contributed by atoms with Crippen molar-refractivity contribution in [2.45, 2.75) is 0 Å². The standard InChI is InChI=1S/C28H19NO/c1-3-12-21(13-4-1)29(22-14-5-2-6-15-22)25-19-20-11-7-8-16-23(20)27-24-17-9-10-18-26(24)30-28(25)27/h1-19H. The van der Waals surface area contributed by atoms with Gasteiger partial charge in [-0.1, -0.05) is 78.9 Å². The Kier molecular flexibility index (Phi) is 3.82. The van der Waals surface area contributed by atoms with Crippen LogP contribution in [0.3, 0.4) is 0 Å². The number of hydrogen-bond donors (Lipinski definition) is 0. The molecule has 0 atom stereocenters. The van der Waals surface area contributed by atoms with Crippen LogP contribution in [-0.2, 0) is 0 Å². The second-order valence-corrected chi connectivity index (χ2v) is 7.43. The number of fused-ring (bicyclic) bond motifs is 5. The molecule has 0 unspecified atom stereocenters. The van der Waals surface area contributed by atoms with E-state index in [4.69, 9.17) is 4.42 Å². The molecule has 2 nitrogen and oxygen atoms in total. The van der Waals surface area contributed by atoms with Crippen molar-refractivity contribution in [2.24, 2.45) is 0 Å². The molecule has 0 bridgehead atoms. The molecule has 0 saturated carbocycles. The third kappa shape index (κ3) is 2.58. The maximum Gasteiger partial charge on any atom is 0.160 e. The van der Waals surface area contributed by atoms with Gasteiger partial charge in [0.15, 0.2) is 5.58 Å². The molecule has 5 aromatic carbocycles.